The highest BCUT2D eigenvalue weighted by molar-refractivity contribution is 6.06. The van der Waals surface area contributed by atoms with E-state index in [9.17, 15) is 29.7 Å². The van der Waals surface area contributed by atoms with Gasteiger partial charge in [0.1, 0.15) is 49.3 Å². The van der Waals surface area contributed by atoms with Crippen LogP contribution in [0.2, 0.25) is 0 Å². The quantitative estimate of drug-likeness (QED) is 0.145. The number of rotatable bonds is 18. The van der Waals surface area contributed by atoms with Gasteiger partial charge in [-0.15, -0.1) is 0 Å². The second kappa shape index (κ2) is 19.0. The number of hydrogen-bond acceptors (Lipinski definition) is 9. The Bertz CT molecular complexity index is 1680. The summed E-state index contributed by atoms with van der Waals surface area (Å²) in [6.45, 7) is 12.8. The fourth-order valence-corrected chi connectivity index (χ4v) is 6.56. The van der Waals surface area contributed by atoms with E-state index in [0.717, 1.165) is 43.2 Å². The first-order valence-corrected chi connectivity index (χ1v) is 18.4. The summed E-state index contributed by atoms with van der Waals surface area (Å²) in [4.78, 5) is 43.1. The van der Waals surface area contributed by atoms with E-state index in [1.807, 2.05) is 83.1 Å². The standard InChI is InChI=1S/C42H56N2O9/c1-26(2)33-13-31(7)18-39(19-33)51-23-34(45)10-8-9-32-20-40(48)43(21-35(46)24-52-37-14-27(3)11-28(4)15-37)42(50)44(41(32)49)22-36(47)25-53-38-16-29(5)12-30(6)17-38/h11-19,26,32,34-36,45-47H,8-10,20-25H2,1-7H3. The molecule has 53 heavy (non-hydrogen) atoms. The number of ether oxygens (including phenoxy) is 3. The first-order chi connectivity index (χ1) is 25.1. The van der Waals surface area contributed by atoms with Gasteiger partial charge in [-0.25, -0.2) is 4.79 Å². The van der Waals surface area contributed by atoms with Crippen molar-refractivity contribution in [1.29, 1.82) is 0 Å². The van der Waals surface area contributed by atoms with Crippen LogP contribution in [0, 0.1) is 40.5 Å². The van der Waals surface area contributed by atoms with Gasteiger partial charge in [-0.05, 0) is 130 Å². The summed E-state index contributed by atoms with van der Waals surface area (Å²) in [6, 6.07) is 16.3. The number of nitrogens with zero attached hydrogens (tertiary/aromatic N) is 2. The minimum Gasteiger partial charge on any atom is -0.491 e. The Morgan fingerprint density at radius 2 is 1.06 bits per heavy atom. The van der Waals surface area contributed by atoms with Crippen molar-refractivity contribution >= 4 is 17.8 Å². The van der Waals surface area contributed by atoms with E-state index in [0.29, 0.717) is 36.0 Å². The second-order valence-electron chi connectivity index (χ2n) is 14.8. The minimum absolute atomic E-state index is 0.0612. The summed E-state index contributed by atoms with van der Waals surface area (Å²) in [5.74, 6) is -0.0162. The van der Waals surface area contributed by atoms with Gasteiger partial charge in [0.2, 0.25) is 11.8 Å². The lowest BCUT2D eigenvalue weighted by Gasteiger charge is -2.28. The van der Waals surface area contributed by atoms with Crippen LogP contribution in [0.15, 0.2) is 54.6 Å². The van der Waals surface area contributed by atoms with Crippen molar-refractivity contribution in [2.45, 2.75) is 98.4 Å². The van der Waals surface area contributed by atoms with Crippen molar-refractivity contribution in [1.82, 2.24) is 9.80 Å². The molecule has 1 fully saturated rings. The van der Waals surface area contributed by atoms with E-state index in [2.05, 4.69) is 19.9 Å². The number of aliphatic hydroxyl groups excluding tert-OH is 3. The molecule has 1 saturated heterocycles. The van der Waals surface area contributed by atoms with Gasteiger partial charge in [-0.2, -0.15) is 0 Å². The molecule has 1 heterocycles. The highest BCUT2D eigenvalue weighted by Crippen LogP contribution is 2.26. The highest BCUT2D eigenvalue weighted by Gasteiger charge is 2.41. The van der Waals surface area contributed by atoms with E-state index in [1.54, 1.807) is 0 Å². The number of aliphatic hydroxyl groups is 3. The number of benzene rings is 3. The van der Waals surface area contributed by atoms with Crippen LogP contribution in [-0.4, -0.2) is 94.2 Å². The number of carbonyl (C=O) groups is 3. The van der Waals surface area contributed by atoms with Gasteiger partial charge >= 0.3 is 6.03 Å². The van der Waals surface area contributed by atoms with E-state index in [-0.39, 0.29) is 32.7 Å². The Morgan fingerprint density at radius 3 is 1.55 bits per heavy atom. The third kappa shape index (κ3) is 12.6. The van der Waals surface area contributed by atoms with Gasteiger partial charge in [0.25, 0.3) is 0 Å². The van der Waals surface area contributed by atoms with Crippen LogP contribution in [0.25, 0.3) is 0 Å². The van der Waals surface area contributed by atoms with E-state index in [1.165, 1.54) is 0 Å². The van der Waals surface area contributed by atoms with Crippen molar-refractivity contribution in [3.8, 4) is 17.2 Å². The molecule has 0 aliphatic carbocycles. The Morgan fingerprint density at radius 1 is 0.623 bits per heavy atom. The summed E-state index contributed by atoms with van der Waals surface area (Å²) in [7, 11) is 0. The van der Waals surface area contributed by atoms with Crippen molar-refractivity contribution < 1.29 is 43.9 Å². The van der Waals surface area contributed by atoms with E-state index >= 15 is 0 Å². The van der Waals surface area contributed by atoms with Gasteiger partial charge in [-0.1, -0.05) is 32.0 Å². The molecule has 0 saturated carbocycles. The van der Waals surface area contributed by atoms with Crippen LogP contribution in [0.4, 0.5) is 4.79 Å². The Labute approximate surface area is 313 Å². The highest BCUT2D eigenvalue weighted by atomic mass is 16.5. The number of amides is 4. The lowest BCUT2D eigenvalue weighted by molar-refractivity contribution is -0.135. The maximum Gasteiger partial charge on any atom is 0.333 e. The average Bonchev–Trinajstić information content (AvgIpc) is 3.15. The van der Waals surface area contributed by atoms with Gasteiger partial charge < -0.3 is 29.5 Å². The van der Waals surface area contributed by atoms with Gasteiger partial charge in [0.05, 0.1) is 19.2 Å². The van der Waals surface area contributed by atoms with Crippen molar-refractivity contribution in [2.24, 2.45) is 5.92 Å². The zero-order valence-corrected chi connectivity index (χ0v) is 32.1. The molecule has 3 N–H and O–H groups in total. The van der Waals surface area contributed by atoms with Crippen LogP contribution in [0.1, 0.15) is 78.8 Å². The molecule has 4 atom stereocenters. The minimum atomic E-state index is -1.26. The second-order valence-corrected chi connectivity index (χ2v) is 14.8. The smallest absolute Gasteiger partial charge is 0.333 e. The number of carbonyl (C=O) groups excluding carboxylic acids is 3. The molecule has 4 amide bonds. The average molecular weight is 733 g/mol. The summed E-state index contributed by atoms with van der Waals surface area (Å²) in [6.07, 6.45) is -2.68. The summed E-state index contributed by atoms with van der Waals surface area (Å²) in [5, 5.41) is 32.6. The monoisotopic (exact) mass is 732 g/mol. The molecule has 0 aromatic heterocycles. The van der Waals surface area contributed by atoms with Crippen LogP contribution < -0.4 is 14.2 Å². The summed E-state index contributed by atoms with van der Waals surface area (Å²) < 4.78 is 17.5. The molecule has 0 spiro atoms. The van der Waals surface area contributed by atoms with Gasteiger partial charge in [0, 0.05) is 12.3 Å². The lowest BCUT2D eigenvalue weighted by atomic mass is 9.95. The Kier molecular flexibility index (Phi) is 14.8. The van der Waals surface area contributed by atoms with Crippen LogP contribution in [0.5, 0.6) is 17.2 Å². The zero-order chi connectivity index (χ0) is 38.8. The Balaban J connectivity index is 1.42. The van der Waals surface area contributed by atoms with Crippen LogP contribution >= 0.6 is 0 Å². The first kappa shape index (κ1) is 41.3. The fourth-order valence-electron chi connectivity index (χ4n) is 6.56. The Hall–Kier alpha value is -4.45. The largest absolute Gasteiger partial charge is 0.491 e. The van der Waals surface area contributed by atoms with Gasteiger partial charge in [-0.3, -0.25) is 19.4 Å². The summed E-state index contributed by atoms with van der Waals surface area (Å²) in [5.41, 5.74) is 6.14. The lowest BCUT2D eigenvalue weighted by Crippen LogP contribution is -2.52. The SMILES string of the molecule is Cc1cc(C)cc(OCC(O)CN2C(=O)CC(CCCC(O)COc3cc(C)cc(C(C)C)c3)C(=O)N(CC(O)COc3cc(C)cc(C)c3)C2=O)c1. The normalized spacial score (nSPS) is 16.8. The maximum absolute atomic E-state index is 13.9. The molecule has 11 heteroatoms. The van der Waals surface area contributed by atoms with Crippen molar-refractivity contribution in [2.75, 3.05) is 32.9 Å². The molecule has 1 aliphatic rings. The van der Waals surface area contributed by atoms with Crippen molar-refractivity contribution in [3.63, 3.8) is 0 Å². The van der Waals surface area contributed by atoms with E-state index in [4.69, 9.17) is 14.2 Å². The molecule has 288 valence electrons. The molecule has 1 aliphatic heterocycles. The molecule has 3 aromatic carbocycles. The molecule has 11 nitrogen and oxygen atoms in total. The zero-order valence-electron chi connectivity index (χ0n) is 32.1. The third-order valence-corrected chi connectivity index (χ3v) is 9.13. The third-order valence-electron chi connectivity index (χ3n) is 9.13. The molecular weight excluding hydrogens is 676 g/mol. The number of imide groups is 2. The van der Waals surface area contributed by atoms with Crippen molar-refractivity contribution in [3.05, 3.63) is 88.0 Å². The molecule has 4 unspecified atom stereocenters. The molecule has 0 bridgehead atoms. The molecule has 3 aromatic rings. The number of hydrogen-bond donors (Lipinski definition) is 3. The fraction of sp³-hybridized carbons (Fsp3) is 0.500. The summed E-state index contributed by atoms with van der Waals surface area (Å²) >= 11 is 0. The van der Waals surface area contributed by atoms with E-state index < -0.39 is 55.2 Å². The number of urea groups is 1. The number of β-amino-alcohol motifs (C(OH)–C–C–N with tert-alkyl or cyclic N) is 2. The first-order valence-electron chi connectivity index (χ1n) is 18.4. The maximum atomic E-state index is 13.9. The van der Waals surface area contributed by atoms with Crippen LogP contribution in [0.3, 0.4) is 0 Å². The molecule has 0 radical (unpaired) electrons. The number of aryl methyl sites for hydroxylation is 5. The predicted molar refractivity (Wildman–Crippen MR) is 202 cm³/mol. The molecular formula is C42H56N2O9. The predicted octanol–water partition coefficient (Wildman–Crippen LogP) is 5.94. The topological polar surface area (TPSA) is 146 Å². The van der Waals surface area contributed by atoms with Gasteiger partial charge in [0.15, 0.2) is 0 Å². The van der Waals surface area contributed by atoms with Crippen LogP contribution in [-0.2, 0) is 9.59 Å². The molecule has 4 rings (SSSR count).